The molecule has 1 unspecified atom stereocenters. The number of ether oxygens (including phenoxy) is 1. The Morgan fingerprint density at radius 2 is 2.09 bits per heavy atom. The van der Waals surface area contributed by atoms with Gasteiger partial charge in [-0.05, 0) is 51.3 Å². The van der Waals surface area contributed by atoms with Crippen LogP contribution in [0, 0.1) is 0 Å². The van der Waals surface area contributed by atoms with Gasteiger partial charge < -0.3 is 10.1 Å². The minimum atomic E-state index is -3.25. The highest BCUT2D eigenvalue weighted by Crippen LogP contribution is 2.22. The number of amides is 1. The van der Waals surface area contributed by atoms with Crippen LogP contribution in [-0.4, -0.2) is 31.8 Å². The summed E-state index contributed by atoms with van der Waals surface area (Å²) in [5.74, 6) is -0.140. The monoisotopic (exact) mass is 339 g/mol. The molecule has 2 rings (SSSR count). The average Bonchev–Trinajstić information content (AvgIpc) is 2.89. The molecule has 23 heavy (non-hydrogen) atoms. The largest absolute Gasteiger partial charge is 0.378 e. The zero-order chi connectivity index (χ0) is 17.1. The van der Waals surface area contributed by atoms with Gasteiger partial charge in [0.2, 0.25) is 5.91 Å². The van der Waals surface area contributed by atoms with Gasteiger partial charge in [0.05, 0.1) is 23.0 Å². The van der Waals surface area contributed by atoms with Crippen molar-refractivity contribution >= 4 is 21.4 Å². The van der Waals surface area contributed by atoms with E-state index in [0.717, 1.165) is 19.4 Å². The fraction of sp³-hybridized carbons (Fsp3) is 0.588. The third-order valence-electron chi connectivity index (χ3n) is 3.94. The van der Waals surface area contributed by atoms with Gasteiger partial charge in [0.1, 0.15) is 0 Å². The van der Waals surface area contributed by atoms with E-state index in [0.29, 0.717) is 17.7 Å². The molecule has 0 spiro atoms. The van der Waals surface area contributed by atoms with E-state index in [1.165, 1.54) is 0 Å². The Labute approximate surface area is 138 Å². The summed E-state index contributed by atoms with van der Waals surface area (Å²) in [6, 6.07) is 7.01. The van der Waals surface area contributed by atoms with Gasteiger partial charge in [-0.1, -0.05) is 12.1 Å². The number of sulfone groups is 1. The number of hydrogen-bond acceptors (Lipinski definition) is 4. The van der Waals surface area contributed by atoms with Gasteiger partial charge in [-0.25, -0.2) is 8.42 Å². The summed E-state index contributed by atoms with van der Waals surface area (Å²) in [5.41, 5.74) is 1.30. The van der Waals surface area contributed by atoms with E-state index in [9.17, 15) is 13.2 Å². The number of carbonyl (C=O) groups excluding carboxylic acids is 1. The van der Waals surface area contributed by atoms with E-state index in [1.807, 2.05) is 0 Å². The predicted octanol–water partition coefficient (Wildman–Crippen LogP) is 2.91. The summed E-state index contributed by atoms with van der Waals surface area (Å²) in [5, 5.41) is 2.82. The van der Waals surface area contributed by atoms with E-state index in [1.54, 1.807) is 45.0 Å². The summed E-state index contributed by atoms with van der Waals surface area (Å²) in [6.45, 7) is 5.79. The smallest absolute Gasteiger partial charge is 0.226 e. The molecule has 1 N–H and O–H groups in total. The van der Waals surface area contributed by atoms with Crippen molar-refractivity contribution in [3.8, 4) is 0 Å². The molecule has 0 radical (unpaired) electrons. The first-order valence-electron chi connectivity index (χ1n) is 7.90. The van der Waals surface area contributed by atoms with Crippen LogP contribution in [0.5, 0.6) is 0 Å². The van der Waals surface area contributed by atoms with Crippen LogP contribution in [0.3, 0.4) is 0 Å². The van der Waals surface area contributed by atoms with E-state index >= 15 is 0 Å². The number of benzene rings is 1. The normalized spacial score (nSPS) is 18.8. The lowest BCUT2D eigenvalue weighted by molar-refractivity contribution is -0.118. The van der Waals surface area contributed by atoms with Crippen molar-refractivity contribution in [2.75, 3.05) is 11.9 Å². The fourth-order valence-corrected chi connectivity index (χ4v) is 3.45. The van der Waals surface area contributed by atoms with Crippen molar-refractivity contribution in [3.63, 3.8) is 0 Å². The topological polar surface area (TPSA) is 72.5 Å². The molecular weight excluding hydrogens is 314 g/mol. The first kappa shape index (κ1) is 17.9. The second kappa shape index (κ2) is 7.01. The highest BCUT2D eigenvalue weighted by atomic mass is 32.2. The van der Waals surface area contributed by atoms with Gasteiger partial charge in [-0.3, -0.25) is 4.79 Å². The summed E-state index contributed by atoms with van der Waals surface area (Å²) in [7, 11) is -3.25. The van der Waals surface area contributed by atoms with Crippen molar-refractivity contribution in [2.24, 2.45) is 0 Å². The molecule has 6 heteroatoms. The number of rotatable bonds is 5. The quantitative estimate of drug-likeness (QED) is 0.895. The Morgan fingerprint density at radius 1 is 1.35 bits per heavy atom. The molecule has 1 atom stereocenters. The van der Waals surface area contributed by atoms with Crippen LogP contribution in [0.4, 0.5) is 5.69 Å². The Hall–Kier alpha value is -1.40. The first-order chi connectivity index (χ1) is 10.7. The van der Waals surface area contributed by atoms with Crippen LogP contribution < -0.4 is 5.32 Å². The molecule has 1 saturated heterocycles. The highest BCUT2D eigenvalue weighted by molar-refractivity contribution is 7.91. The second-order valence-electron chi connectivity index (χ2n) is 6.96. The Bertz CT molecular complexity index is 655. The Balaban J connectivity index is 2.00. The summed E-state index contributed by atoms with van der Waals surface area (Å²) >= 11 is 0. The number of nitrogens with one attached hydrogen (secondary N) is 1. The number of hydrogen-bond donors (Lipinski definition) is 1. The van der Waals surface area contributed by atoms with Gasteiger partial charge in [0.25, 0.3) is 0 Å². The van der Waals surface area contributed by atoms with E-state index < -0.39 is 14.6 Å². The molecule has 0 aromatic heterocycles. The molecule has 0 bridgehead atoms. The van der Waals surface area contributed by atoms with Crippen molar-refractivity contribution in [1.82, 2.24) is 0 Å². The Kier molecular flexibility index (Phi) is 5.47. The van der Waals surface area contributed by atoms with Crippen molar-refractivity contribution in [3.05, 3.63) is 29.8 Å². The molecule has 1 fully saturated rings. The molecule has 128 valence electrons. The zero-order valence-corrected chi connectivity index (χ0v) is 14.8. The first-order valence-corrected chi connectivity index (χ1v) is 9.55. The summed E-state index contributed by atoms with van der Waals surface area (Å²) in [6.07, 6.45) is 2.25. The van der Waals surface area contributed by atoms with Crippen LogP contribution in [0.15, 0.2) is 24.3 Å². The van der Waals surface area contributed by atoms with Crippen LogP contribution in [0.25, 0.3) is 0 Å². The molecule has 1 amide bonds. The van der Waals surface area contributed by atoms with E-state index in [-0.39, 0.29) is 17.8 Å². The lowest BCUT2D eigenvalue weighted by Crippen LogP contribution is -2.29. The van der Waals surface area contributed by atoms with Crippen molar-refractivity contribution < 1.29 is 17.9 Å². The van der Waals surface area contributed by atoms with Gasteiger partial charge in [-0.15, -0.1) is 0 Å². The van der Waals surface area contributed by atoms with Gasteiger partial charge in [0, 0.05) is 12.3 Å². The molecule has 0 saturated carbocycles. The Morgan fingerprint density at radius 3 is 2.70 bits per heavy atom. The number of carbonyl (C=O) groups is 1. The lowest BCUT2D eigenvalue weighted by Gasteiger charge is -2.19. The third kappa shape index (κ3) is 5.04. The minimum absolute atomic E-state index is 0.000508. The molecular formula is C17H25NO4S. The fourth-order valence-electron chi connectivity index (χ4n) is 2.40. The second-order valence-corrected chi connectivity index (χ2v) is 9.70. The van der Waals surface area contributed by atoms with Crippen LogP contribution in [0.1, 0.15) is 45.6 Å². The lowest BCUT2D eigenvalue weighted by atomic mass is 10.1. The molecule has 1 aliphatic rings. The molecule has 1 aromatic rings. The molecule has 1 aromatic carbocycles. The van der Waals surface area contributed by atoms with Gasteiger partial charge >= 0.3 is 0 Å². The zero-order valence-electron chi connectivity index (χ0n) is 14.0. The van der Waals surface area contributed by atoms with E-state index in [2.05, 4.69) is 5.32 Å². The average molecular weight is 339 g/mol. The summed E-state index contributed by atoms with van der Waals surface area (Å²) in [4.78, 5) is 12.0. The maximum Gasteiger partial charge on any atom is 0.226 e. The van der Waals surface area contributed by atoms with Crippen LogP contribution in [-0.2, 0) is 25.1 Å². The molecule has 1 aliphatic heterocycles. The van der Waals surface area contributed by atoms with Crippen molar-refractivity contribution in [1.29, 1.82) is 0 Å². The SMILES string of the molecule is CC(C)(C)S(=O)(=O)Cc1cccc(NC(=O)CC2CCCO2)c1. The van der Waals surface area contributed by atoms with Crippen molar-refractivity contribution in [2.45, 2.75) is 56.6 Å². The third-order valence-corrected chi connectivity index (χ3v) is 6.52. The van der Waals surface area contributed by atoms with Crippen LogP contribution in [0.2, 0.25) is 0 Å². The maximum absolute atomic E-state index is 12.3. The van der Waals surface area contributed by atoms with E-state index in [4.69, 9.17) is 4.74 Å². The van der Waals surface area contributed by atoms with Crippen LogP contribution >= 0.6 is 0 Å². The highest BCUT2D eigenvalue weighted by Gasteiger charge is 2.29. The van der Waals surface area contributed by atoms with Gasteiger partial charge in [-0.2, -0.15) is 0 Å². The minimum Gasteiger partial charge on any atom is -0.378 e. The van der Waals surface area contributed by atoms with Gasteiger partial charge in [0.15, 0.2) is 9.84 Å². The molecule has 0 aliphatic carbocycles. The maximum atomic E-state index is 12.3. The molecule has 1 heterocycles. The number of anilines is 1. The standard InChI is InChI=1S/C17H25NO4S/c1-17(2,3)23(20,21)12-13-6-4-7-14(10-13)18-16(19)11-15-8-5-9-22-15/h4,6-7,10,15H,5,8-9,11-12H2,1-3H3,(H,18,19). The summed E-state index contributed by atoms with van der Waals surface area (Å²) < 4.78 is 29.2. The predicted molar refractivity (Wildman–Crippen MR) is 91.0 cm³/mol. The molecule has 5 nitrogen and oxygen atoms in total.